The summed E-state index contributed by atoms with van der Waals surface area (Å²) >= 11 is 2.88. The molecule has 9 heteroatoms. The van der Waals surface area contributed by atoms with Crippen LogP contribution < -0.4 is 4.72 Å². The normalized spacial score (nSPS) is 17.9. The van der Waals surface area contributed by atoms with Crippen molar-refractivity contribution in [2.45, 2.75) is 12.8 Å². The summed E-state index contributed by atoms with van der Waals surface area (Å²) in [5.41, 5.74) is -0.312. The smallest absolute Gasteiger partial charge is 0.301 e. The van der Waals surface area contributed by atoms with E-state index in [9.17, 15) is 17.2 Å². The summed E-state index contributed by atoms with van der Waals surface area (Å²) in [5, 5.41) is 9.03. The summed E-state index contributed by atoms with van der Waals surface area (Å²) in [7, 11) is -3.90. The number of nitrogens with one attached hydrogen (secondary N) is 1. The van der Waals surface area contributed by atoms with Crippen molar-refractivity contribution in [1.82, 2.24) is 4.31 Å². The Morgan fingerprint density at radius 2 is 1.90 bits per heavy atom. The zero-order chi connectivity index (χ0) is 15.6. The van der Waals surface area contributed by atoms with E-state index in [1.165, 1.54) is 4.31 Å². The number of nitrogens with zero attached hydrogens (tertiary/aromatic N) is 1. The number of halogens is 3. The first-order valence-electron chi connectivity index (χ1n) is 6.37. The fraction of sp³-hybridized carbons (Fsp3) is 0.500. The molecule has 1 aliphatic rings. The molecule has 21 heavy (non-hydrogen) atoms. The second kappa shape index (κ2) is 6.55. The molecule has 1 aromatic carbocycles. The lowest BCUT2D eigenvalue weighted by Crippen LogP contribution is -2.42. The third-order valence-electron chi connectivity index (χ3n) is 3.42. The molecule has 0 saturated carbocycles. The summed E-state index contributed by atoms with van der Waals surface area (Å²) < 4.78 is 54.4. The number of anilines is 1. The molecular formula is C12H15BrF2N2O3S. The average molecular weight is 385 g/mol. The molecule has 0 unspecified atom stereocenters. The van der Waals surface area contributed by atoms with Crippen LogP contribution in [-0.4, -0.2) is 37.5 Å². The van der Waals surface area contributed by atoms with Gasteiger partial charge in [0.1, 0.15) is 11.6 Å². The van der Waals surface area contributed by atoms with Crippen molar-refractivity contribution < 1.29 is 22.3 Å². The minimum Gasteiger partial charge on any atom is -0.396 e. The van der Waals surface area contributed by atoms with Crippen molar-refractivity contribution in [1.29, 1.82) is 0 Å². The quantitative estimate of drug-likeness (QED) is 0.780. The van der Waals surface area contributed by atoms with E-state index in [2.05, 4.69) is 20.7 Å². The van der Waals surface area contributed by atoms with Crippen LogP contribution in [0.4, 0.5) is 14.5 Å². The molecule has 2 N–H and O–H groups in total. The van der Waals surface area contributed by atoms with Gasteiger partial charge in [0.2, 0.25) is 0 Å². The molecule has 1 saturated heterocycles. The summed E-state index contributed by atoms with van der Waals surface area (Å²) in [4.78, 5) is 0. The van der Waals surface area contributed by atoms with Gasteiger partial charge in [-0.2, -0.15) is 12.7 Å². The summed E-state index contributed by atoms with van der Waals surface area (Å²) in [6, 6.07) is 1.66. The molecule has 2 rings (SSSR count). The van der Waals surface area contributed by atoms with Gasteiger partial charge in [0, 0.05) is 25.8 Å². The van der Waals surface area contributed by atoms with E-state index in [1.54, 1.807) is 0 Å². The highest BCUT2D eigenvalue weighted by Crippen LogP contribution is 2.26. The molecule has 5 nitrogen and oxygen atoms in total. The third-order valence-corrected chi connectivity index (χ3v) is 5.55. The Kier molecular flexibility index (Phi) is 5.18. The molecule has 0 aromatic heterocycles. The second-order valence-corrected chi connectivity index (χ2v) is 7.40. The zero-order valence-corrected chi connectivity index (χ0v) is 13.4. The van der Waals surface area contributed by atoms with Crippen LogP contribution in [0.2, 0.25) is 0 Å². The highest BCUT2D eigenvalue weighted by molar-refractivity contribution is 9.10. The molecular weight excluding hydrogens is 370 g/mol. The van der Waals surface area contributed by atoms with Crippen LogP contribution in [0.15, 0.2) is 16.6 Å². The van der Waals surface area contributed by atoms with Crippen molar-refractivity contribution in [3.63, 3.8) is 0 Å². The van der Waals surface area contributed by atoms with Gasteiger partial charge in [0.05, 0.1) is 10.2 Å². The van der Waals surface area contributed by atoms with Gasteiger partial charge in [-0.05, 0) is 40.8 Å². The van der Waals surface area contributed by atoms with Crippen LogP contribution in [-0.2, 0) is 10.2 Å². The number of aliphatic hydroxyl groups is 1. The highest BCUT2D eigenvalue weighted by Gasteiger charge is 2.28. The van der Waals surface area contributed by atoms with Gasteiger partial charge in [0.25, 0.3) is 0 Å². The van der Waals surface area contributed by atoms with E-state index in [4.69, 9.17) is 5.11 Å². The lowest BCUT2D eigenvalue weighted by atomic mass is 10.00. The van der Waals surface area contributed by atoms with E-state index >= 15 is 0 Å². The Morgan fingerprint density at radius 1 is 1.29 bits per heavy atom. The average Bonchev–Trinajstić information content (AvgIpc) is 2.44. The number of hydrogen-bond donors (Lipinski definition) is 2. The SMILES string of the molecule is O=S(=O)(Nc1cc(Br)c(F)cc1F)N1CCC(CO)CC1. The Balaban J connectivity index is 2.13. The van der Waals surface area contributed by atoms with Crippen LogP contribution in [0.25, 0.3) is 0 Å². The number of rotatable bonds is 4. The Hall–Kier alpha value is -0.770. The number of hydrogen-bond acceptors (Lipinski definition) is 3. The first-order chi connectivity index (χ1) is 9.83. The maximum atomic E-state index is 13.6. The molecule has 0 atom stereocenters. The predicted octanol–water partition coefficient (Wildman–Crippen LogP) is 2.09. The van der Waals surface area contributed by atoms with Crippen LogP contribution in [0.1, 0.15) is 12.8 Å². The minimum absolute atomic E-state index is 0.0272. The van der Waals surface area contributed by atoms with Crippen LogP contribution in [0.5, 0.6) is 0 Å². The van der Waals surface area contributed by atoms with Crippen LogP contribution in [0.3, 0.4) is 0 Å². The van der Waals surface area contributed by atoms with Crippen molar-refractivity contribution in [3.8, 4) is 0 Å². The van der Waals surface area contributed by atoms with E-state index in [0.29, 0.717) is 18.9 Å². The van der Waals surface area contributed by atoms with Crippen molar-refractivity contribution in [2.75, 3.05) is 24.4 Å². The van der Waals surface area contributed by atoms with Crippen molar-refractivity contribution in [3.05, 3.63) is 28.2 Å². The molecule has 0 amide bonds. The highest BCUT2D eigenvalue weighted by atomic mass is 79.9. The Bertz CT molecular complexity index is 619. The van der Waals surface area contributed by atoms with E-state index < -0.39 is 21.8 Å². The molecule has 1 aromatic rings. The number of benzene rings is 1. The van der Waals surface area contributed by atoms with Crippen LogP contribution >= 0.6 is 15.9 Å². The zero-order valence-electron chi connectivity index (χ0n) is 11.0. The molecule has 0 bridgehead atoms. The molecule has 118 valence electrons. The van der Waals surface area contributed by atoms with Crippen LogP contribution in [0, 0.1) is 17.6 Å². The summed E-state index contributed by atoms with van der Waals surface area (Å²) in [6.07, 6.45) is 1.10. The minimum atomic E-state index is -3.90. The van der Waals surface area contributed by atoms with Gasteiger partial charge >= 0.3 is 10.2 Å². The van der Waals surface area contributed by atoms with Gasteiger partial charge in [-0.3, -0.25) is 4.72 Å². The topological polar surface area (TPSA) is 69.6 Å². The van der Waals surface area contributed by atoms with E-state index in [-0.39, 0.29) is 35.8 Å². The van der Waals surface area contributed by atoms with Gasteiger partial charge in [-0.15, -0.1) is 0 Å². The van der Waals surface area contributed by atoms with Gasteiger partial charge in [0.15, 0.2) is 0 Å². The molecule has 0 radical (unpaired) electrons. The molecule has 1 aliphatic heterocycles. The van der Waals surface area contributed by atoms with Gasteiger partial charge < -0.3 is 5.11 Å². The largest absolute Gasteiger partial charge is 0.396 e. The maximum Gasteiger partial charge on any atom is 0.301 e. The molecule has 1 heterocycles. The third kappa shape index (κ3) is 3.91. The predicted molar refractivity (Wildman–Crippen MR) is 78.0 cm³/mol. The lowest BCUT2D eigenvalue weighted by Gasteiger charge is -2.30. The Morgan fingerprint density at radius 3 is 2.48 bits per heavy atom. The van der Waals surface area contributed by atoms with E-state index in [0.717, 1.165) is 6.07 Å². The molecule has 0 aliphatic carbocycles. The van der Waals surface area contributed by atoms with E-state index in [1.807, 2.05) is 0 Å². The second-order valence-electron chi connectivity index (χ2n) is 4.88. The van der Waals surface area contributed by atoms with Gasteiger partial charge in [-0.1, -0.05) is 0 Å². The van der Waals surface area contributed by atoms with Crippen molar-refractivity contribution >= 4 is 31.8 Å². The number of piperidine rings is 1. The lowest BCUT2D eigenvalue weighted by molar-refractivity contribution is 0.170. The Labute approximate surface area is 130 Å². The first kappa shape index (κ1) is 16.6. The van der Waals surface area contributed by atoms with Crippen molar-refractivity contribution in [2.24, 2.45) is 5.92 Å². The fourth-order valence-electron chi connectivity index (χ4n) is 2.14. The fourth-order valence-corrected chi connectivity index (χ4v) is 3.73. The van der Waals surface area contributed by atoms with Gasteiger partial charge in [-0.25, -0.2) is 8.78 Å². The standard InChI is InChI=1S/C12H15BrF2N2O3S/c13-9-5-12(11(15)6-10(9)14)16-21(19,20)17-3-1-8(7-18)2-4-17/h5-6,8,16,18H,1-4,7H2. The maximum absolute atomic E-state index is 13.6. The molecule has 0 spiro atoms. The molecule has 1 fully saturated rings. The first-order valence-corrected chi connectivity index (χ1v) is 8.60. The summed E-state index contributed by atoms with van der Waals surface area (Å²) in [6.45, 7) is 0.538. The monoisotopic (exact) mass is 384 g/mol. The number of aliphatic hydroxyl groups excluding tert-OH is 1. The summed E-state index contributed by atoms with van der Waals surface area (Å²) in [5.74, 6) is -1.70.